The minimum Gasteiger partial charge on any atom is -0.388 e. The Hall–Kier alpha value is -0.600. The molecule has 94 valence electrons. The summed E-state index contributed by atoms with van der Waals surface area (Å²) >= 11 is 5.90. The van der Waals surface area contributed by atoms with Crippen LogP contribution in [-0.4, -0.2) is 5.11 Å². The lowest BCUT2D eigenvalue weighted by Gasteiger charge is -2.30. The molecular formula is C14H18ClFO. The molecule has 0 amide bonds. The van der Waals surface area contributed by atoms with Gasteiger partial charge in [-0.05, 0) is 30.7 Å². The molecule has 3 heteroatoms. The molecule has 1 N–H and O–H groups in total. The molecule has 0 spiro atoms. The molecule has 0 saturated heterocycles. The van der Waals surface area contributed by atoms with Gasteiger partial charge >= 0.3 is 0 Å². The minimum absolute atomic E-state index is 0.0682. The Labute approximate surface area is 107 Å². The second-order valence-corrected chi connectivity index (χ2v) is 5.49. The zero-order chi connectivity index (χ0) is 12.4. The highest BCUT2D eigenvalue weighted by Gasteiger charge is 2.27. The monoisotopic (exact) mass is 256 g/mol. The fourth-order valence-electron chi connectivity index (χ4n) is 2.60. The van der Waals surface area contributed by atoms with Crippen molar-refractivity contribution < 1.29 is 9.50 Å². The molecule has 0 heterocycles. The van der Waals surface area contributed by atoms with E-state index >= 15 is 0 Å². The lowest BCUT2D eigenvalue weighted by molar-refractivity contribution is 0.0754. The van der Waals surface area contributed by atoms with Gasteiger partial charge in [0.25, 0.3) is 0 Å². The normalized spacial score (nSPS) is 26.8. The van der Waals surface area contributed by atoms with Crippen molar-refractivity contribution in [2.24, 2.45) is 11.8 Å². The summed E-state index contributed by atoms with van der Waals surface area (Å²) < 4.78 is 13.3. The first-order valence-corrected chi connectivity index (χ1v) is 6.59. The van der Waals surface area contributed by atoms with Gasteiger partial charge in [-0.25, -0.2) is 4.39 Å². The molecule has 0 aliphatic heterocycles. The molecule has 1 unspecified atom stereocenters. The average Bonchev–Trinajstić information content (AvgIpc) is 2.33. The second kappa shape index (κ2) is 5.36. The molecule has 1 fully saturated rings. The Bertz CT molecular complexity index is 386. The number of hydrogen-bond donors (Lipinski definition) is 1. The number of halogens is 2. The predicted octanol–water partition coefficient (Wildman–Crippen LogP) is 4.34. The second-order valence-electron chi connectivity index (χ2n) is 5.11. The fourth-order valence-corrected chi connectivity index (χ4v) is 2.84. The van der Waals surface area contributed by atoms with Crippen molar-refractivity contribution in [3.05, 3.63) is 34.6 Å². The van der Waals surface area contributed by atoms with Crippen LogP contribution in [0.1, 0.15) is 44.3 Å². The molecule has 1 aromatic carbocycles. The molecule has 0 aromatic heterocycles. The Balaban J connectivity index is 2.14. The molecule has 1 atom stereocenters. The molecule has 1 aliphatic carbocycles. The lowest BCUT2D eigenvalue weighted by atomic mass is 9.78. The zero-order valence-corrected chi connectivity index (χ0v) is 10.8. The van der Waals surface area contributed by atoms with Gasteiger partial charge in [0.15, 0.2) is 0 Å². The van der Waals surface area contributed by atoms with Crippen LogP contribution < -0.4 is 0 Å². The highest BCUT2D eigenvalue weighted by atomic mass is 35.5. The number of hydrogen-bond acceptors (Lipinski definition) is 1. The number of benzene rings is 1. The van der Waals surface area contributed by atoms with Gasteiger partial charge in [0.1, 0.15) is 5.82 Å². The van der Waals surface area contributed by atoms with Crippen LogP contribution in [0.15, 0.2) is 18.2 Å². The van der Waals surface area contributed by atoms with Crippen molar-refractivity contribution in [2.75, 3.05) is 0 Å². The summed E-state index contributed by atoms with van der Waals surface area (Å²) in [5, 5.41) is 10.4. The molecule has 17 heavy (non-hydrogen) atoms. The highest BCUT2D eigenvalue weighted by molar-refractivity contribution is 6.31. The van der Waals surface area contributed by atoms with Crippen molar-refractivity contribution in [3.8, 4) is 0 Å². The molecule has 0 radical (unpaired) electrons. The summed E-state index contributed by atoms with van der Waals surface area (Å²) in [6, 6.07) is 4.64. The Morgan fingerprint density at radius 2 is 1.94 bits per heavy atom. The smallest absolute Gasteiger partial charge is 0.142 e. The number of aliphatic hydroxyl groups is 1. The Morgan fingerprint density at radius 3 is 2.59 bits per heavy atom. The van der Waals surface area contributed by atoms with Gasteiger partial charge in [0, 0.05) is 5.56 Å². The quantitative estimate of drug-likeness (QED) is 0.835. The summed E-state index contributed by atoms with van der Waals surface area (Å²) in [4.78, 5) is 0. The third-order valence-corrected chi connectivity index (χ3v) is 4.21. The summed E-state index contributed by atoms with van der Waals surface area (Å²) in [5.41, 5.74) is 0.534. The van der Waals surface area contributed by atoms with E-state index in [1.165, 1.54) is 6.07 Å². The third-order valence-electron chi connectivity index (χ3n) is 3.81. The SMILES string of the molecule is CC1CCC(C(O)c2cccc(F)c2Cl)CC1. The number of aliphatic hydroxyl groups excluding tert-OH is 1. The van der Waals surface area contributed by atoms with Crippen LogP contribution in [0.5, 0.6) is 0 Å². The molecule has 1 nitrogen and oxygen atoms in total. The van der Waals surface area contributed by atoms with Crippen molar-refractivity contribution in [2.45, 2.75) is 38.7 Å². The molecule has 1 aliphatic rings. The van der Waals surface area contributed by atoms with Crippen LogP contribution in [0.4, 0.5) is 4.39 Å². The maximum absolute atomic E-state index is 13.3. The van der Waals surface area contributed by atoms with Gasteiger partial charge in [-0.3, -0.25) is 0 Å². The van der Waals surface area contributed by atoms with Crippen molar-refractivity contribution in [3.63, 3.8) is 0 Å². The maximum atomic E-state index is 13.3. The van der Waals surface area contributed by atoms with Crippen LogP contribution in [0.25, 0.3) is 0 Å². The Kier molecular flexibility index (Phi) is 4.05. The van der Waals surface area contributed by atoms with Gasteiger partial charge in [-0.2, -0.15) is 0 Å². The van der Waals surface area contributed by atoms with Crippen molar-refractivity contribution >= 4 is 11.6 Å². The first-order valence-electron chi connectivity index (χ1n) is 6.21. The zero-order valence-electron chi connectivity index (χ0n) is 10.00. The van der Waals surface area contributed by atoms with Crippen LogP contribution in [0, 0.1) is 17.7 Å². The summed E-state index contributed by atoms with van der Waals surface area (Å²) in [5.74, 6) is 0.499. The minimum atomic E-state index is -0.634. The van der Waals surface area contributed by atoms with E-state index in [1.807, 2.05) is 0 Å². The fraction of sp³-hybridized carbons (Fsp3) is 0.571. The van der Waals surface area contributed by atoms with Crippen LogP contribution in [-0.2, 0) is 0 Å². The summed E-state index contributed by atoms with van der Waals surface area (Å²) in [6.07, 6.45) is 3.62. The standard InChI is InChI=1S/C14H18ClFO/c1-9-5-7-10(8-6-9)14(17)11-3-2-4-12(16)13(11)15/h2-4,9-10,14,17H,5-8H2,1H3. The van der Waals surface area contributed by atoms with E-state index in [0.29, 0.717) is 5.56 Å². The van der Waals surface area contributed by atoms with E-state index in [9.17, 15) is 9.50 Å². The predicted molar refractivity (Wildman–Crippen MR) is 67.5 cm³/mol. The van der Waals surface area contributed by atoms with Gasteiger partial charge in [-0.15, -0.1) is 0 Å². The van der Waals surface area contributed by atoms with E-state index in [0.717, 1.165) is 31.6 Å². The molecular weight excluding hydrogens is 239 g/mol. The number of rotatable bonds is 2. The molecule has 1 saturated carbocycles. The molecule has 2 rings (SSSR count). The summed E-state index contributed by atoms with van der Waals surface area (Å²) in [6.45, 7) is 2.23. The first kappa shape index (κ1) is 12.8. The van der Waals surface area contributed by atoms with Gasteiger partial charge in [0.05, 0.1) is 11.1 Å². The first-order chi connectivity index (χ1) is 8.09. The van der Waals surface area contributed by atoms with E-state index in [1.54, 1.807) is 12.1 Å². The highest BCUT2D eigenvalue weighted by Crippen LogP contribution is 2.39. The van der Waals surface area contributed by atoms with Gasteiger partial charge in [-0.1, -0.05) is 43.5 Å². The average molecular weight is 257 g/mol. The van der Waals surface area contributed by atoms with Gasteiger partial charge in [0.2, 0.25) is 0 Å². The topological polar surface area (TPSA) is 20.2 Å². The van der Waals surface area contributed by atoms with E-state index in [-0.39, 0.29) is 10.9 Å². The van der Waals surface area contributed by atoms with Gasteiger partial charge < -0.3 is 5.11 Å². The van der Waals surface area contributed by atoms with Crippen LogP contribution in [0.3, 0.4) is 0 Å². The lowest BCUT2D eigenvalue weighted by Crippen LogP contribution is -2.19. The molecule has 0 bridgehead atoms. The summed E-state index contributed by atoms with van der Waals surface area (Å²) in [7, 11) is 0. The van der Waals surface area contributed by atoms with E-state index < -0.39 is 11.9 Å². The molecule has 1 aromatic rings. The largest absolute Gasteiger partial charge is 0.388 e. The van der Waals surface area contributed by atoms with Crippen molar-refractivity contribution in [1.29, 1.82) is 0 Å². The maximum Gasteiger partial charge on any atom is 0.142 e. The van der Waals surface area contributed by atoms with E-state index in [2.05, 4.69) is 6.92 Å². The third kappa shape index (κ3) is 2.80. The Morgan fingerprint density at radius 1 is 1.29 bits per heavy atom. The van der Waals surface area contributed by atoms with E-state index in [4.69, 9.17) is 11.6 Å². The van der Waals surface area contributed by atoms with Crippen LogP contribution >= 0.6 is 11.6 Å². The van der Waals surface area contributed by atoms with Crippen molar-refractivity contribution in [1.82, 2.24) is 0 Å². The van der Waals surface area contributed by atoms with Crippen LogP contribution in [0.2, 0.25) is 5.02 Å².